The molecule has 2 aromatic rings. The van der Waals surface area contributed by atoms with Crippen LogP contribution in [0, 0.1) is 0 Å². The molecule has 108 valence electrons. The fourth-order valence-corrected chi connectivity index (χ4v) is 2.34. The van der Waals surface area contributed by atoms with E-state index in [9.17, 15) is 9.59 Å². The molecule has 0 atom stereocenters. The summed E-state index contributed by atoms with van der Waals surface area (Å²) in [6, 6.07) is 9.47. The van der Waals surface area contributed by atoms with Gasteiger partial charge >= 0.3 is 11.9 Å². The Morgan fingerprint density at radius 1 is 1.00 bits per heavy atom. The van der Waals surface area contributed by atoms with Gasteiger partial charge in [-0.05, 0) is 35.4 Å². The molecule has 0 saturated carbocycles. The third kappa shape index (κ3) is 3.54. The Bertz CT molecular complexity index is 685. The summed E-state index contributed by atoms with van der Waals surface area (Å²) in [4.78, 5) is 21.8. The van der Waals surface area contributed by atoms with Crippen LogP contribution in [0.15, 0.2) is 36.4 Å². The molecule has 2 aromatic carbocycles. The molecule has 0 spiro atoms. The van der Waals surface area contributed by atoms with Crippen LogP contribution < -0.4 is 4.74 Å². The molecule has 0 aliphatic carbocycles. The Kier molecular flexibility index (Phi) is 4.50. The molecule has 6 heteroatoms. The van der Waals surface area contributed by atoms with Crippen LogP contribution in [-0.4, -0.2) is 17.0 Å². The predicted octanol–water partition coefficient (Wildman–Crippen LogP) is 4.28. The molecule has 0 aliphatic rings. The highest BCUT2D eigenvalue weighted by atomic mass is 35.5. The van der Waals surface area contributed by atoms with Crippen molar-refractivity contribution in [2.75, 3.05) is 0 Å². The average Bonchev–Trinajstić information content (AvgIpc) is 2.42. The van der Waals surface area contributed by atoms with Gasteiger partial charge in [0.05, 0.1) is 15.6 Å². The number of benzene rings is 2. The zero-order valence-electron chi connectivity index (χ0n) is 10.9. The van der Waals surface area contributed by atoms with E-state index in [1.165, 1.54) is 19.1 Å². The Morgan fingerprint density at radius 2 is 1.52 bits per heavy atom. The number of halogens is 2. The molecule has 4 nitrogen and oxygen atoms in total. The van der Waals surface area contributed by atoms with E-state index in [4.69, 9.17) is 33.0 Å². The largest absolute Gasteiger partial charge is 0.478 e. The van der Waals surface area contributed by atoms with Gasteiger partial charge in [-0.3, -0.25) is 4.79 Å². The molecule has 1 N–H and O–H groups in total. The molecular weight excluding hydrogens is 315 g/mol. The number of carbonyl (C=O) groups excluding carboxylic acids is 1. The van der Waals surface area contributed by atoms with Crippen molar-refractivity contribution in [3.63, 3.8) is 0 Å². The summed E-state index contributed by atoms with van der Waals surface area (Å²) in [7, 11) is 0. The summed E-state index contributed by atoms with van der Waals surface area (Å²) < 4.78 is 4.94. The third-order valence-electron chi connectivity index (χ3n) is 2.71. The quantitative estimate of drug-likeness (QED) is 0.676. The highest BCUT2D eigenvalue weighted by Gasteiger charge is 2.13. The first-order chi connectivity index (χ1) is 9.88. The maximum absolute atomic E-state index is 11.0. The van der Waals surface area contributed by atoms with Gasteiger partial charge in [0.1, 0.15) is 0 Å². The van der Waals surface area contributed by atoms with E-state index in [2.05, 4.69) is 0 Å². The second-order valence-electron chi connectivity index (χ2n) is 4.25. The Labute approximate surface area is 130 Å². The SMILES string of the molecule is CC(=O)Oc1c(Cl)cc(-c2ccc(C(=O)O)cc2)cc1Cl. The maximum atomic E-state index is 11.0. The van der Waals surface area contributed by atoms with Crippen molar-refractivity contribution in [3.05, 3.63) is 52.0 Å². The van der Waals surface area contributed by atoms with E-state index in [1.54, 1.807) is 24.3 Å². The Hall–Kier alpha value is -2.04. The summed E-state index contributed by atoms with van der Waals surface area (Å²) >= 11 is 12.1. The number of carboxylic acid groups (broad SMARTS) is 1. The highest BCUT2D eigenvalue weighted by Crippen LogP contribution is 2.37. The van der Waals surface area contributed by atoms with Crippen LogP contribution in [0.4, 0.5) is 0 Å². The lowest BCUT2D eigenvalue weighted by atomic mass is 10.0. The lowest BCUT2D eigenvalue weighted by Crippen LogP contribution is -2.02. The lowest BCUT2D eigenvalue weighted by molar-refractivity contribution is -0.131. The van der Waals surface area contributed by atoms with Crippen LogP contribution in [0.5, 0.6) is 5.75 Å². The number of rotatable bonds is 3. The minimum Gasteiger partial charge on any atom is -0.478 e. The smallest absolute Gasteiger partial charge is 0.335 e. The van der Waals surface area contributed by atoms with Crippen molar-refractivity contribution in [1.29, 1.82) is 0 Å². The molecule has 0 radical (unpaired) electrons. The van der Waals surface area contributed by atoms with Crippen molar-refractivity contribution in [2.45, 2.75) is 6.92 Å². The normalized spacial score (nSPS) is 10.2. The van der Waals surface area contributed by atoms with Crippen molar-refractivity contribution in [2.24, 2.45) is 0 Å². The van der Waals surface area contributed by atoms with Gasteiger partial charge in [-0.25, -0.2) is 4.79 Å². The second-order valence-corrected chi connectivity index (χ2v) is 5.06. The Morgan fingerprint density at radius 3 is 1.95 bits per heavy atom. The number of esters is 1. The van der Waals surface area contributed by atoms with Crippen LogP contribution in [0.2, 0.25) is 10.0 Å². The predicted molar refractivity (Wildman–Crippen MR) is 80.2 cm³/mol. The number of hydrogen-bond donors (Lipinski definition) is 1. The molecule has 0 fully saturated rings. The lowest BCUT2D eigenvalue weighted by Gasteiger charge is -2.09. The average molecular weight is 325 g/mol. The van der Waals surface area contributed by atoms with Crippen LogP contribution in [0.1, 0.15) is 17.3 Å². The number of ether oxygens (including phenoxy) is 1. The summed E-state index contributed by atoms with van der Waals surface area (Å²) in [6.45, 7) is 1.26. The first-order valence-corrected chi connectivity index (χ1v) is 6.65. The van der Waals surface area contributed by atoms with Gasteiger partial charge in [-0.2, -0.15) is 0 Å². The minimum absolute atomic E-state index is 0.108. The van der Waals surface area contributed by atoms with Crippen molar-refractivity contribution in [1.82, 2.24) is 0 Å². The number of aromatic carboxylic acids is 1. The Balaban J connectivity index is 2.41. The van der Waals surface area contributed by atoms with Crippen molar-refractivity contribution >= 4 is 35.1 Å². The summed E-state index contributed by atoms with van der Waals surface area (Å²) in [6.07, 6.45) is 0. The second kappa shape index (κ2) is 6.16. The first-order valence-electron chi connectivity index (χ1n) is 5.89. The van der Waals surface area contributed by atoms with Gasteiger partial charge in [-0.1, -0.05) is 35.3 Å². The molecule has 0 heterocycles. The van der Waals surface area contributed by atoms with Crippen LogP contribution >= 0.6 is 23.2 Å². The molecule has 0 amide bonds. The zero-order valence-corrected chi connectivity index (χ0v) is 12.4. The highest BCUT2D eigenvalue weighted by molar-refractivity contribution is 6.37. The number of carbonyl (C=O) groups is 2. The summed E-state index contributed by atoms with van der Waals surface area (Å²) in [5, 5.41) is 9.27. The van der Waals surface area contributed by atoms with E-state index in [0.29, 0.717) is 5.56 Å². The maximum Gasteiger partial charge on any atom is 0.335 e. The molecule has 21 heavy (non-hydrogen) atoms. The van der Waals surface area contributed by atoms with E-state index in [1.807, 2.05) is 0 Å². The van der Waals surface area contributed by atoms with Gasteiger partial charge in [0, 0.05) is 6.92 Å². The van der Waals surface area contributed by atoms with Gasteiger partial charge in [-0.15, -0.1) is 0 Å². The zero-order chi connectivity index (χ0) is 15.6. The standard InChI is InChI=1S/C15H10Cl2O4/c1-8(18)21-14-12(16)6-11(7-13(14)17)9-2-4-10(5-3-9)15(19)20/h2-7H,1H3,(H,19,20). The number of carboxylic acids is 1. The van der Waals surface area contributed by atoms with Crippen LogP contribution in [-0.2, 0) is 4.79 Å². The van der Waals surface area contributed by atoms with E-state index in [0.717, 1.165) is 5.56 Å². The molecule has 0 aromatic heterocycles. The van der Waals surface area contributed by atoms with Gasteiger partial charge in [0.15, 0.2) is 5.75 Å². The minimum atomic E-state index is -0.997. The van der Waals surface area contributed by atoms with E-state index in [-0.39, 0.29) is 21.4 Å². The van der Waals surface area contributed by atoms with Gasteiger partial charge in [0.2, 0.25) is 0 Å². The molecule has 0 bridgehead atoms. The molecule has 0 aliphatic heterocycles. The topological polar surface area (TPSA) is 63.6 Å². The number of hydrogen-bond acceptors (Lipinski definition) is 3. The fourth-order valence-electron chi connectivity index (χ4n) is 1.77. The van der Waals surface area contributed by atoms with Crippen molar-refractivity contribution in [3.8, 4) is 16.9 Å². The van der Waals surface area contributed by atoms with Crippen LogP contribution in [0.25, 0.3) is 11.1 Å². The van der Waals surface area contributed by atoms with Gasteiger partial charge in [0.25, 0.3) is 0 Å². The third-order valence-corrected chi connectivity index (χ3v) is 3.27. The van der Waals surface area contributed by atoms with E-state index < -0.39 is 11.9 Å². The van der Waals surface area contributed by atoms with E-state index >= 15 is 0 Å². The fraction of sp³-hybridized carbons (Fsp3) is 0.0667. The summed E-state index contributed by atoms with van der Waals surface area (Å²) in [5.41, 5.74) is 1.63. The molecule has 2 rings (SSSR count). The molecule has 0 saturated heterocycles. The van der Waals surface area contributed by atoms with Crippen molar-refractivity contribution < 1.29 is 19.4 Å². The monoisotopic (exact) mass is 324 g/mol. The first kappa shape index (κ1) is 15.4. The molecular formula is C15H10Cl2O4. The molecule has 0 unspecified atom stereocenters. The van der Waals surface area contributed by atoms with Gasteiger partial charge < -0.3 is 9.84 Å². The summed E-state index contributed by atoms with van der Waals surface area (Å²) in [5.74, 6) is -1.41. The van der Waals surface area contributed by atoms with Crippen LogP contribution in [0.3, 0.4) is 0 Å².